The van der Waals surface area contributed by atoms with Crippen LogP contribution in [0.3, 0.4) is 0 Å². The van der Waals surface area contributed by atoms with E-state index < -0.39 is 0 Å². The van der Waals surface area contributed by atoms with E-state index in [-0.39, 0.29) is 5.41 Å². The second kappa shape index (κ2) is 4.46. The first-order valence-electron chi connectivity index (χ1n) is 6.02. The quantitative estimate of drug-likeness (QED) is 0.670. The van der Waals surface area contributed by atoms with Gasteiger partial charge in [0.25, 0.3) is 0 Å². The van der Waals surface area contributed by atoms with Gasteiger partial charge in [-0.05, 0) is 24.2 Å². The fourth-order valence-corrected chi connectivity index (χ4v) is 2.60. The molecule has 0 aromatic carbocycles. The fourth-order valence-electron chi connectivity index (χ4n) is 2.60. The molecule has 1 nitrogen and oxygen atoms in total. The number of rotatable bonds is 3. The van der Waals surface area contributed by atoms with Crippen molar-refractivity contribution in [2.24, 2.45) is 17.3 Å². The highest BCUT2D eigenvalue weighted by Gasteiger charge is 2.41. The summed E-state index contributed by atoms with van der Waals surface area (Å²) in [4.78, 5) is 11.9. The van der Waals surface area contributed by atoms with E-state index in [4.69, 9.17) is 0 Å². The zero-order valence-corrected chi connectivity index (χ0v) is 10.1. The van der Waals surface area contributed by atoms with Crippen molar-refractivity contribution in [3.05, 3.63) is 0 Å². The predicted molar refractivity (Wildman–Crippen MR) is 60.2 cm³/mol. The molecule has 82 valence electrons. The first kappa shape index (κ1) is 11.7. The summed E-state index contributed by atoms with van der Waals surface area (Å²) < 4.78 is 0. The highest BCUT2D eigenvalue weighted by atomic mass is 16.1. The number of hydrogen-bond donors (Lipinski definition) is 0. The van der Waals surface area contributed by atoms with Gasteiger partial charge in [0.05, 0.1) is 0 Å². The van der Waals surface area contributed by atoms with Crippen LogP contribution in [-0.4, -0.2) is 5.78 Å². The summed E-state index contributed by atoms with van der Waals surface area (Å²) in [5, 5.41) is 0. The largest absolute Gasteiger partial charge is 0.299 e. The van der Waals surface area contributed by atoms with Gasteiger partial charge < -0.3 is 0 Å². The van der Waals surface area contributed by atoms with Gasteiger partial charge in [0.1, 0.15) is 5.78 Å². The lowest BCUT2D eigenvalue weighted by Crippen LogP contribution is -2.40. The van der Waals surface area contributed by atoms with Gasteiger partial charge in [-0.2, -0.15) is 0 Å². The highest BCUT2D eigenvalue weighted by Crippen LogP contribution is 2.45. The zero-order chi connectivity index (χ0) is 10.8. The van der Waals surface area contributed by atoms with Gasteiger partial charge in [-0.15, -0.1) is 0 Å². The summed E-state index contributed by atoms with van der Waals surface area (Å²) in [6.45, 7) is 9.04. The van der Waals surface area contributed by atoms with Crippen LogP contribution in [0.4, 0.5) is 0 Å². The van der Waals surface area contributed by atoms with Crippen LogP contribution in [-0.2, 0) is 4.79 Å². The molecule has 0 amide bonds. The van der Waals surface area contributed by atoms with Crippen molar-refractivity contribution in [1.82, 2.24) is 0 Å². The monoisotopic (exact) mass is 196 g/mol. The second-order valence-corrected chi connectivity index (χ2v) is 5.42. The van der Waals surface area contributed by atoms with Crippen LogP contribution in [0.2, 0.25) is 0 Å². The number of carbonyl (C=O) groups is 1. The molecule has 1 fully saturated rings. The average molecular weight is 196 g/mol. The van der Waals surface area contributed by atoms with Gasteiger partial charge in [-0.1, -0.05) is 40.5 Å². The molecule has 0 heterocycles. The molecular formula is C13H24O. The molecule has 1 aliphatic carbocycles. The molecule has 1 heteroatoms. The maximum Gasteiger partial charge on any atom is 0.136 e. The van der Waals surface area contributed by atoms with Crippen LogP contribution >= 0.6 is 0 Å². The minimum absolute atomic E-state index is 0.227. The normalized spacial score (nSPS) is 31.9. The smallest absolute Gasteiger partial charge is 0.136 e. The number of unbranched alkanes of at least 4 members (excludes halogenated alkanes) is 1. The molecule has 2 unspecified atom stereocenters. The first-order valence-corrected chi connectivity index (χ1v) is 6.02. The number of Topliss-reactive ketones (excluding diaryl/α,β-unsaturated/α-hetero) is 1. The molecule has 14 heavy (non-hydrogen) atoms. The summed E-state index contributed by atoms with van der Waals surface area (Å²) in [5.41, 5.74) is 0.227. The summed E-state index contributed by atoms with van der Waals surface area (Å²) in [5.74, 6) is 1.54. The minimum atomic E-state index is 0.227. The maximum atomic E-state index is 11.9. The van der Waals surface area contributed by atoms with Crippen LogP contribution in [0, 0.1) is 17.3 Å². The molecular weight excluding hydrogens is 172 g/mol. The van der Waals surface area contributed by atoms with E-state index >= 15 is 0 Å². The van der Waals surface area contributed by atoms with Crippen molar-refractivity contribution >= 4 is 5.78 Å². The lowest BCUT2D eigenvalue weighted by molar-refractivity contribution is -0.132. The zero-order valence-electron chi connectivity index (χ0n) is 10.1. The minimum Gasteiger partial charge on any atom is -0.299 e. The summed E-state index contributed by atoms with van der Waals surface area (Å²) >= 11 is 0. The Bertz CT molecular complexity index is 205. The van der Waals surface area contributed by atoms with Crippen LogP contribution in [0.1, 0.15) is 59.8 Å². The molecule has 0 aromatic rings. The lowest BCUT2D eigenvalue weighted by atomic mass is 9.61. The Kier molecular flexibility index (Phi) is 3.74. The number of ketones is 1. The van der Waals surface area contributed by atoms with Crippen molar-refractivity contribution in [3.8, 4) is 0 Å². The van der Waals surface area contributed by atoms with Crippen molar-refractivity contribution in [3.63, 3.8) is 0 Å². The Morgan fingerprint density at radius 2 is 2.07 bits per heavy atom. The Morgan fingerprint density at radius 1 is 1.43 bits per heavy atom. The van der Waals surface area contributed by atoms with Crippen LogP contribution in [0.15, 0.2) is 0 Å². The van der Waals surface area contributed by atoms with Crippen LogP contribution < -0.4 is 0 Å². The van der Waals surface area contributed by atoms with Gasteiger partial charge in [-0.25, -0.2) is 0 Å². The number of hydrogen-bond acceptors (Lipinski definition) is 1. The van der Waals surface area contributed by atoms with Crippen molar-refractivity contribution in [2.45, 2.75) is 59.8 Å². The van der Waals surface area contributed by atoms with Gasteiger partial charge in [0.15, 0.2) is 0 Å². The summed E-state index contributed by atoms with van der Waals surface area (Å²) in [6.07, 6.45) is 5.42. The summed E-state index contributed by atoms with van der Waals surface area (Å²) in [6, 6.07) is 0. The van der Waals surface area contributed by atoms with Crippen molar-refractivity contribution in [2.75, 3.05) is 0 Å². The van der Waals surface area contributed by atoms with E-state index in [1.54, 1.807) is 0 Å². The molecule has 0 bridgehead atoms. The third-order valence-corrected chi connectivity index (χ3v) is 4.23. The van der Waals surface area contributed by atoms with E-state index in [1.165, 1.54) is 12.8 Å². The molecule has 1 saturated carbocycles. The SMILES string of the molecule is CCCCC1C(=O)CCC(C)C1(C)C. The van der Waals surface area contributed by atoms with Crippen LogP contribution in [0.5, 0.6) is 0 Å². The molecule has 0 saturated heterocycles. The fraction of sp³-hybridized carbons (Fsp3) is 0.923. The van der Waals surface area contributed by atoms with E-state index in [9.17, 15) is 4.79 Å². The Hall–Kier alpha value is -0.330. The molecule has 0 aromatic heterocycles. The van der Waals surface area contributed by atoms with E-state index in [0.29, 0.717) is 17.6 Å². The van der Waals surface area contributed by atoms with Gasteiger partial charge in [-0.3, -0.25) is 4.79 Å². The Balaban J connectivity index is 2.70. The van der Waals surface area contributed by atoms with Gasteiger partial charge >= 0.3 is 0 Å². The Morgan fingerprint density at radius 3 is 2.64 bits per heavy atom. The molecule has 1 rings (SSSR count). The number of carbonyl (C=O) groups excluding carboxylic acids is 1. The van der Waals surface area contributed by atoms with E-state index in [0.717, 1.165) is 19.3 Å². The van der Waals surface area contributed by atoms with Crippen molar-refractivity contribution < 1.29 is 4.79 Å². The van der Waals surface area contributed by atoms with Crippen molar-refractivity contribution in [1.29, 1.82) is 0 Å². The second-order valence-electron chi connectivity index (χ2n) is 5.42. The first-order chi connectivity index (χ1) is 6.50. The predicted octanol–water partition coefficient (Wildman–Crippen LogP) is 3.82. The molecule has 0 spiro atoms. The van der Waals surface area contributed by atoms with Gasteiger partial charge in [0, 0.05) is 12.3 Å². The Labute approximate surface area is 88.3 Å². The molecule has 1 aliphatic rings. The summed E-state index contributed by atoms with van der Waals surface area (Å²) in [7, 11) is 0. The lowest BCUT2D eigenvalue weighted by Gasteiger charge is -2.42. The average Bonchev–Trinajstić information content (AvgIpc) is 2.12. The highest BCUT2D eigenvalue weighted by molar-refractivity contribution is 5.82. The molecule has 0 N–H and O–H groups in total. The molecule has 2 atom stereocenters. The third-order valence-electron chi connectivity index (χ3n) is 4.23. The van der Waals surface area contributed by atoms with E-state index in [1.807, 2.05) is 0 Å². The van der Waals surface area contributed by atoms with Crippen LogP contribution in [0.25, 0.3) is 0 Å². The van der Waals surface area contributed by atoms with Gasteiger partial charge in [0.2, 0.25) is 0 Å². The molecule has 0 aliphatic heterocycles. The topological polar surface area (TPSA) is 17.1 Å². The molecule has 0 radical (unpaired) electrons. The standard InChI is InChI=1S/C13H24O/c1-5-6-7-11-12(14)9-8-10(2)13(11,3)4/h10-11H,5-9H2,1-4H3. The van der Waals surface area contributed by atoms with E-state index in [2.05, 4.69) is 27.7 Å². The third kappa shape index (κ3) is 2.18. The maximum absolute atomic E-state index is 11.9.